The summed E-state index contributed by atoms with van der Waals surface area (Å²) in [4.78, 5) is 16.2. The predicted molar refractivity (Wildman–Crippen MR) is 69.2 cm³/mol. The number of hydrogen-bond acceptors (Lipinski definition) is 6. The lowest BCUT2D eigenvalue weighted by molar-refractivity contribution is 0.134. The Morgan fingerprint density at radius 2 is 2.44 bits per heavy atom. The molecule has 7 heteroatoms. The standard InChI is InChI=1S/C11H14N4O2S/c16-9-3-4-13-11-15(9)14-10(18-11)12-5-6-17-7-8-1-2-8/h3-4,8H,1-2,5-7H2,(H,12,14). The summed E-state index contributed by atoms with van der Waals surface area (Å²) in [5.41, 5.74) is -0.158. The van der Waals surface area contributed by atoms with Gasteiger partial charge in [0.15, 0.2) is 0 Å². The number of ether oxygens (including phenoxy) is 1. The van der Waals surface area contributed by atoms with Crippen molar-refractivity contribution in [3.63, 3.8) is 0 Å². The van der Waals surface area contributed by atoms with E-state index in [2.05, 4.69) is 15.4 Å². The number of fused-ring (bicyclic) bond motifs is 1. The van der Waals surface area contributed by atoms with Crippen LogP contribution in [0.25, 0.3) is 4.96 Å². The molecule has 0 radical (unpaired) electrons. The van der Waals surface area contributed by atoms with E-state index in [0.29, 0.717) is 23.2 Å². The molecule has 0 atom stereocenters. The van der Waals surface area contributed by atoms with Gasteiger partial charge in [0, 0.05) is 25.4 Å². The van der Waals surface area contributed by atoms with E-state index < -0.39 is 0 Å². The van der Waals surface area contributed by atoms with E-state index in [1.165, 1.54) is 41.0 Å². The Morgan fingerprint density at radius 3 is 3.22 bits per heavy atom. The lowest BCUT2D eigenvalue weighted by atomic mass is 10.5. The highest BCUT2D eigenvalue weighted by Gasteiger charge is 2.20. The van der Waals surface area contributed by atoms with Crippen molar-refractivity contribution in [2.75, 3.05) is 25.1 Å². The van der Waals surface area contributed by atoms with Crippen molar-refractivity contribution < 1.29 is 4.74 Å². The van der Waals surface area contributed by atoms with E-state index >= 15 is 0 Å². The van der Waals surface area contributed by atoms with Crippen LogP contribution >= 0.6 is 11.3 Å². The molecule has 96 valence electrons. The molecule has 1 aliphatic rings. The summed E-state index contributed by atoms with van der Waals surface area (Å²) in [5, 5.41) is 7.98. The zero-order chi connectivity index (χ0) is 12.4. The number of hydrogen-bond donors (Lipinski definition) is 1. The van der Waals surface area contributed by atoms with Crippen molar-refractivity contribution in [3.8, 4) is 0 Å². The molecular formula is C11H14N4O2S. The maximum Gasteiger partial charge on any atom is 0.275 e. The van der Waals surface area contributed by atoms with Crippen molar-refractivity contribution in [2.45, 2.75) is 12.8 Å². The van der Waals surface area contributed by atoms with Crippen LogP contribution in [0.2, 0.25) is 0 Å². The summed E-state index contributed by atoms with van der Waals surface area (Å²) in [7, 11) is 0. The molecule has 6 nitrogen and oxygen atoms in total. The van der Waals surface area contributed by atoms with E-state index in [9.17, 15) is 4.79 Å². The molecule has 3 rings (SSSR count). The van der Waals surface area contributed by atoms with Crippen LogP contribution < -0.4 is 10.9 Å². The molecule has 1 fully saturated rings. The van der Waals surface area contributed by atoms with Gasteiger partial charge < -0.3 is 10.1 Å². The van der Waals surface area contributed by atoms with Crippen LogP contribution in [0, 0.1) is 5.92 Å². The molecule has 0 unspecified atom stereocenters. The second kappa shape index (κ2) is 5.03. The molecule has 2 aromatic rings. The van der Waals surface area contributed by atoms with E-state index in [-0.39, 0.29) is 5.56 Å². The van der Waals surface area contributed by atoms with Crippen LogP contribution in [-0.4, -0.2) is 34.4 Å². The molecule has 0 amide bonds. The fraction of sp³-hybridized carbons (Fsp3) is 0.545. The normalized spacial score (nSPS) is 15.1. The van der Waals surface area contributed by atoms with Crippen molar-refractivity contribution in [1.29, 1.82) is 0 Å². The third-order valence-corrected chi connectivity index (χ3v) is 3.62. The fourth-order valence-corrected chi connectivity index (χ4v) is 2.38. The summed E-state index contributed by atoms with van der Waals surface area (Å²) in [6, 6.07) is 1.40. The second-order valence-electron chi connectivity index (χ2n) is 4.33. The monoisotopic (exact) mass is 266 g/mol. The van der Waals surface area contributed by atoms with Crippen LogP contribution in [0.1, 0.15) is 12.8 Å². The molecule has 2 heterocycles. The van der Waals surface area contributed by atoms with Crippen molar-refractivity contribution in [3.05, 3.63) is 22.6 Å². The first-order chi connectivity index (χ1) is 8.83. The van der Waals surface area contributed by atoms with Gasteiger partial charge in [0.1, 0.15) is 0 Å². The molecule has 0 saturated heterocycles. The van der Waals surface area contributed by atoms with Gasteiger partial charge in [0.05, 0.1) is 6.61 Å². The van der Waals surface area contributed by atoms with Crippen molar-refractivity contribution >= 4 is 21.4 Å². The Hall–Kier alpha value is -1.47. The molecule has 1 saturated carbocycles. The topological polar surface area (TPSA) is 68.5 Å². The van der Waals surface area contributed by atoms with Gasteiger partial charge in [-0.25, -0.2) is 4.98 Å². The minimum Gasteiger partial charge on any atom is -0.379 e. The largest absolute Gasteiger partial charge is 0.379 e. The lowest BCUT2D eigenvalue weighted by Gasteiger charge is -2.03. The summed E-state index contributed by atoms with van der Waals surface area (Å²) in [6.07, 6.45) is 4.11. The van der Waals surface area contributed by atoms with Gasteiger partial charge in [-0.1, -0.05) is 11.3 Å². The fourth-order valence-electron chi connectivity index (χ4n) is 1.58. The molecule has 18 heavy (non-hydrogen) atoms. The van der Waals surface area contributed by atoms with Crippen LogP contribution in [-0.2, 0) is 4.74 Å². The highest BCUT2D eigenvalue weighted by Crippen LogP contribution is 2.28. The van der Waals surface area contributed by atoms with Crippen molar-refractivity contribution in [2.24, 2.45) is 5.92 Å². The molecule has 0 aromatic carbocycles. The first kappa shape index (κ1) is 11.6. The van der Waals surface area contributed by atoms with Crippen molar-refractivity contribution in [1.82, 2.24) is 14.6 Å². The van der Waals surface area contributed by atoms with Crippen LogP contribution in [0.15, 0.2) is 17.1 Å². The van der Waals surface area contributed by atoms with E-state index in [4.69, 9.17) is 4.74 Å². The lowest BCUT2D eigenvalue weighted by Crippen LogP contribution is -2.14. The molecule has 0 aliphatic heterocycles. The first-order valence-corrected chi connectivity index (χ1v) is 6.81. The van der Waals surface area contributed by atoms with E-state index in [1.54, 1.807) is 0 Å². The minimum atomic E-state index is -0.158. The third kappa shape index (κ3) is 2.68. The third-order valence-electron chi connectivity index (χ3n) is 2.74. The predicted octanol–water partition coefficient (Wildman–Crippen LogP) is 0.990. The van der Waals surface area contributed by atoms with Crippen LogP contribution in [0.5, 0.6) is 0 Å². The number of anilines is 1. The maximum absolute atomic E-state index is 11.5. The van der Waals surface area contributed by atoms with Gasteiger partial charge in [0.2, 0.25) is 10.1 Å². The molecule has 0 spiro atoms. The highest BCUT2D eigenvalue weighted by atomic mass is 32.1. The smallest absolute Gasteiger partial charge is 0.275 e. The zero-order valence-electron chi connectivity index (χ0n) is 9.83. The summed E-state index contributed by atoms with van der Waals surface area (Å²) in [5.74, 6) is 0.787. The summed E-state index contributed by atoms with van der Waals surface area (Å²) >= 11 is 1.36. The Bertz CT molecular complexity index is 590. The van der Waals surface area contributed by atoms with Crippen LogP contribution in [0.3, 0.4) is 0 Å². The summed E-state index contributed by atoms with van der Waals surface area (Å²) in [6.45, 7) is 2.22. The Kier molecular flexibility index (Phi) is 3.24. The van der Waals surface area contributed by atoms with Gasteiger partial charge in [-0.15, -0.1) is 5.10 Å². The van der Waals surface area contributed by atoms with Gasteiger partial charge in [-0.2, -0.15) is 4.52 Å². The molecule has 2 aromatic heterocycles. The Labute approximate surface area is 108 Å². The average molecular weight is 266 g/mol. The maximum atomic E-state index is 11.5. The average Bonchev–Trinajstić information content (AvgIpc) is 3.08. The zero-order valence-corrected chi connectivity index (χ0v) is 10.7. The number of aromatic nitrogens is 3. The first-order valence-electron chi connectivity index (χ1n) is 5.99. The molecular weight excluding hydrogens is 252 g/mol. The minimum absolute atomic E-state index is 0.158. The van der Waals surface area contributed by atoms with Gasteiger partial charge >= 0.3 is 0 Å². The Balaban J connectivity index is 1.54. The van der Waals surface area contributed by atoms with Gasteiger partial charge in [-0.05, 0) is 18.8 Å². The molecule has 1 N–H and O–H groups in total. The number of rotatable bonds is 6. The van der Waals surface area contributed by atoms with E-state index in [0.717, 1.165) is 12.5 Å². The second-order valence-corrected chi connectivity index (χ2v) is 5.29. The van der Waals surface area contributed by atoms with E-state index in [1.807, 2.05) is 0 Å². The Morgan fingerprint density at radius 1 is 1.56 bits per heavy atom. The number of nitrogens with zero attached hydrogens (tertiary/aromatic N) is 3. The SMILES string of the molecule is O=c1ccnc2sc(NCCOCC3CC3)nn12. The van der Waals surface area contributed by atoms with Gasteiger partial charge in [0.25, 0.3) is 5.56 Å². The molecule has 0 bridgehead atoms. The summed E-state index contributed by atoms with van der Waals surface area (Å²) < 4.78 is 6.81. The quantitative estimate of drug-likeness (QED) is 0.790. The molecule has 1 aliphatic carbocycles. The van der Waals surface area contributed by atoms with Crippen LogP contribution in [0.4, 0.5) is 5.13 Å². The number of nitrogens with one attached hydrogen (secondary N) is 1. The highest BCUT2D eigenvalue weighted by molar-refractivity contribution is 7.20. The van der Waals surface area contributed by atoms with Gasteiger partial charge in [-0.3, -0.25) is 4.79 Å².